The Balaban J connectivity index is 0.00000280. The summed E-state index contributed by atoms with van der Waals surface area (Å²) >= 11 is 0. The first kappa shape index (κ1) is 21.9. The number of hydrogen-bond acceptors (Lipinski definition) is 3. The highest BCUT2D eigenvalue weighted by molar-refractivity contribution is 5.94. The summed E-state index contributed by atoms with van der Waals surface area (Å²) in [6.45, 7) is 1.88. The molecule has 1 unspecified atom stereocenters. The van der Waals surface area contributed by atoms with E-state index in [9.17, 15) is 9.59 Å². The number of amides is 2. The van der Waals surface area contributed by atoms with Crippen molar-refractivity contribution in [3.8, 4) is 0 Å². The smallest absolute Gasteiger partial charge is 0.251 e. The van der Waals surface area contributed by atoms with E-state index in [0.717, 1.165) is 31.5 Å². The zero-order chi connectivity index (χ0) is 19.1. The Labute approximate surface area is 172 Å². The van der Waals surface area contributed by atoms with E-state index in [1.165, 1.54) is 0 Å². The maximum absolute atomic E-state index is 12.9. The van der Waals surface area contributed by atoms with Gasteiger partial charge in [0.05, 0.1) is 12.5 Å². The molecule has 6 heteroatoms. The highest BCUT2D eigenvalue weighted by Gasteiger charge is 2.25. The lowest BCUT2D eigenvalue weighted by atomic mass is 10.0. The molecule has 2 N–H and O–H groups in total. The van der Waals surface area contributed by atoms with E-state index in [4.69, 9.17) is 0 Å². The second-order valence-corrected chi connectivity index (χ2v) is 6.99. The van der Waals surface area contributed by atoms with E-state index in [1.807, 2.05) is 60.5 Å². The minimum absolute atomic E-state index is 0. The van der Waals surface area contributed by atoms with Gasteiger partial charge < -0.3 is 15.5 Å². The lowest BCUT2D eigenvalue weighted by molar-refractivity contribution is -0.132. The molecule has 5 nitrogen and oxygen atoms in total. The normalized spacial score (nSPS) is 15.2. The zero-order valence-electron chi connectivity index (χ0n) is 16.1. The molecule has 2 aromatic rings. The summed E-state index contributed by atoms with van der Waals surface area (Å²) < 4.78 is 0. The molecular formula is C22H28ClN3O2. The lowest BCUT2D eigenvalue weighted by Gasteiger charge is -2.33. The molecule has 2 amide bonds. The van der Waals surface area contributed by atoms with Crippen LogP contribution in [-0.2, 0) is 4.79 Å². The van der Waals surface area contributed by atoms with Gasteiger partial charge in [0.2, 0.25) is 5.91 Å². The van der Waals surface area contributed by atoms with Crippen LogP contribution >= 0.6 is 12.4 Å². The third kappa shape index (κ3) is 5.81. The fraction of sp³-hybridized carbons (Fsp3) is 0.364. The van der Waals surface area contributed by atoms with Crippen molar-refractivity contribution in [1.82, 2.24) is 15.5 Å². The van der Waals surface area contributed by atoms with Crippen LogP contribution in [-0.4, -0.2) is 42.9 Å². The van der Waals surface area contributed by atoms with Gasteiger partial charge in [-0.1, -0.05) is 48.5 Å². The molecule has 28 heavy (non-hydrogen) atoms. The number of rotatable bonds is 6. The molecular weight excluding hydrogens is 374 g/mol. The van der Waals surface area contributed by atoms with Gasteiger partial charge in [0.1, 0.15) is 0 Å². The third-order valence-electron chi connectivity index (χ3n) is 5.17. The lowest BCUT2D eigenvalue weighted by Crippen LogP contribution is -2.45. The topological polar surface area (TPSA) is 61.4 Å². The first-order valence-corrected chi connectivity index (χ1v) is 9.52. The van der Waals surface area contributed by atoms with E-state index < -0.39 is 0 Å². The van der Waals surface area contributed by atoms with Crippen LogP contribution in [0.2, 0.25) is 0 Å². The fourth-order valence-corrected chi connectivity index (χ4v) is 3.48. The minimum Gasteiger partial charge on any atom is -0.345 e. The van der Waals surface area contributed by atoms with Crippen LogP contribution in [0.25, 0.3) is 0 Å². The van der Waals surface area contributed by atoms with Gasteiger partial charge in [-0.25, -0.2) is 0 Å². The number of hydrogen-bond donors (Lipinski definition) is 2. The van der Waals surface area contributed by atoms with E-state index in [1.54, 1.807) is 12.1 Å². The molecule has 1 aliphatic rings. The van der Waals surface area contributed by atoms with Gasteiger partial charge in [-0.2, -0.15) is 0 Å². The number of benzene rings is 2. The van der Waals surface area contributed by atoms with Crippen LogP contribution < -0.4 is 10.6 Å². The highest BCUT2D eigenvalue weighted by Crippen LogP contribution is 2.20. The zero-order valence-corrected chi connectivity index (χ0v) is 17.0. The second-order valence-electron chi connectivity index (χ2n) is 6.99. The fourth-order valence-electron chi connectivity index (χ4n) is 3.48. The first-order valence-electron chi connectivity index (χ1n) is 9.52. The highest BCUT2D eigenvalue weighted by atomic mass is 35.5. The van der Waals surface area contributed by atoms with E-state index in [0.29, 0.717) is 5.56 Å². The van der Waals surface area contributed by atoms with Crippen LogP contribution in [0.1, 0.15) is 41.2 Å². The molecule has 0 radical (unpaired) electrons. The molecule has 0 aromatic heterocycles. The molecule has 2 aromatic carbocycles. The monoisotopic (exact) mass is 401 g/mol. The van der Waals surface area contributed by atoms with Crippen LogP contribution in [0, 0.1) is 0 Å². The van der Waals surface area contributed by atoms with E-state index >= 15 is 0 Å². The number of carbonyl (C=O) groups is 2. The number of nitrogens with zero attached hydrogens (tertiary/aromatic N) is 1. The summed E-state index contributed by atoms with van der Waals surface area (Å²) in [6, 6.07) is 18.7. The molecule has 0 spiro atoms. The largest absolute Gasteiger partial charge is 0.345 e. The standard InChI is InChI=1S/C22H27N3O2.ClH/c1-25(19-12-14-23-15-13-19)21(26)16-20(17-8-4-2-5-9-17)24-22(27)18-10-6-3-7-11-18;/h2-11,19-20,23H,12-16H2,1H3,(H,24,27);1H. The molecule has 1 saturated heterocycles. The predicted octanol–water partition coefficient (Wildman–Crippen LogP) is 3.18. The summed E-state index contributed by atoms with van der Waals surface area (Å²) in [5.41, 5.74) is 1.53. The summed E-state index contributed by atoms with van der Waals surface area (Å²) in [5, 5.41) is 6.36. The Kier molecular flexibility index (Phi) is 8.48. The van der Waals surface area contributed by atoms with Crippen molar-refractivity contribution in [3.63, 3.8) is 0 Å². The Morgan fingerprint density at radius 2 is 1.61 bits per heavy atom. The average molecular weight is 402 g/mol. The number of carbonyl (C=O) groups excluding carboxylic acids is 2. The number of piperidine rings is 1. The Hall–Kier alpha value is -2.37. The Bertz CT molecular complexity index is 749. The third-order valence-corrected chi connectivity index (χ3v) is 5.17. The Morgan fingerprint density at radius 3 is 2.21 bits per heavy atom. The van der Waals surface area contributed by atoms with Crippen molar-refractivity contribution < 1.29 is 9.59 Å². The second kappa shape index (κ2) is 10.8. The molecule has 3 rings (SSSR count). The van der Waals surface area contributed by atoms with Crippen molar-refractivity contribution in [2.24, 2.45) is 0 Å². The van der Waals surface area contributed by atoms with Gasteiger partial charge in [-0.05, 0) is 43.6 Å². The maximum Gasteiger partial charge on any atom is 0.251 e. The summed E-state index contributed by atoms with van der Waals surface area (Å²) in [5.74, 6) is -0.106. The molecule has 1 fully saturated rings. The molecule has 1 heterocycles. The van der Waals surface area contributed by atoms with Crippen LogP contribution in [0.15, 0.2) is 60.7 Å². The minimum atomic E-state index is -0.351. The van der Waals surface area contributed by atoms with Gasteiger partial charge in [-0.3, -0.25) is 9.59 Å². The van der Waals surface area contributed by atoms with Gasteiger partial charge in [0, 0.05) is 18.7 Å². The van der Waals surface area contributed by atoms with Crippen molar-refractivity contribution in [1.29, 1.82) is 0 Å². The van der Waals surface area contributed by atoms with Crippen LogP contribution in [0.3, 0.4) is 0 Å². The molecule has 1 atom stereocenters. The van der Waals surface area contributed by atoms with Gasteiger partial charge in [0.15, 0.2) is 0 Å². The van der Waals surface area contributed by atoms with Crippen LogP contribution in [0.4, 0.5) is 0 Å². The predicted molar refractivity (Wildman–Crippen MR) is 114 cm³/mol. The quantitative estimate of drug-likeness (QED) is 0.781. The average Bonchev–Trinajstić information content (AvgIpc) is 2.74. The van der Waals surface area contributed by atoms with E-state index in [2.05, 4.69) is 10.6 Å². The number of nitrogens with one attached hydrogen (secondary N) is 2. The molecule has 0 bridgehead atoms. The van der Waals surface area contributed by atoms with Crippen molar-refractivity contribution in [2.45, 2.75) is 31.3 Å². The summed E-state index contributed by atoms with van der Waals surface area (Å²) in [6.07, 6.45) is 2.19. The summed E-state index contributed by atoms with van der Waals surface area (Å²) in [4.78, 5) is 27.4. The molecule has 150 valence electrons. The van der Waals surface area contributed by atoms with Crippen molar-refractivity contribution in [2.75, 3.05) is 20.1 Å². The molecule has 1 aliphatic heterocycles. The van der Waals surface area contributed by atoms with E-state index in [-0.39, 0.29) is 42.7 Å². The van der Waals surface area contributed by atoms with Crippen molar-refractivity contribution >= 4 is 24.2 Å². The van der Waals surface area contributed by atoms with Gasteiger partial charge in [-0.15, -0.1) is 12.4 Å². The molecule has 0 saturated carbocycles. The SMILES string of the molecule is CN(C(=O)CC(NC(=O)c1ccccc1)c1ccccc1)C1CCNCC1.Cl. The number of halogens is 1. The van der Waals surface area contributed by atoms with Gasteiger partial charge in [0.25, 0.3) is 5.91 Å². The Morgan fingerprint density at radius 1 is 1.04 bits per heavy atom. The summed E-state index contributed by atoms with van der Waals surface area (Å²) in [7, 11) is 1.87. The van der Waals surface area contributed by atoms with Crippen molar-refractivity contribution in [3.05, 3.63) is 71.8 Å². The first-order chi connectivity index (χ1) is 13.1. The molecule has 0 aliphatic carbocycles. The van der Waals surface area contributed by atoms with Crippen LogP contribution in [0.5, 0.6) is 0 Å². The van der Waals surface area contributed by atoms with Gasteiger partial charge >= 0.3 is 0 Å². The maximum atomic E-state index is 12.9.